The van der Waals surface area contributed by atoms with Crippen molar-refractivity contribution < 1.29 is 9.90 Å². The molecule has 1 aliphatic heterocycles. The lowest BCUT2D eigenvalue weighted by Crippen LogP contribution is -2.37. The number of fused-ring (bicyclic) bond motifs is 1. The minimum Gasteiger partial charge on any atom is -0.396 e. The first kappa shape index (κ1) is 17.4. The zero-order valence-electron chi connectivity index (χ0n) is 14.8. The summed E-state index contributed by atoms with van der Waals surface area (Å²) in [6.45, 7) is 4.94. The van der Waals surface area contributed by atoms with Gasteiger partial charge in [0.2, 0.25) is 5.91 Å². The Hall–Kier alpha value is -1.39. The number of hydrogen-bond donors (Lipinski definition) is 1. The standard InChI is InChI=1S/C20H30N2O2/c1-16-6-4-13-22(16)20(24)11-14-21(12-5-15-23)19-10-9-17-7-2-3-8-18(17)19/h2-3,7-8,16,19,23H,4-6,9-15H2,1H3. The van der Waals surface area contributed by atoms with Crippen LogP contribution in [0, 0.1) is 0 Å². The Morgan fingerprint density at radius 3 is 2.88 bits per heavy atom. The first-order chi connectivity index (χ1) is 11.7. The van der Waals surface area contributed by atoms with Gasteiger partial charge in [0.1, 0.15) is 0 Å². The number of carbonyl (C=O) groups excluding carboxylic acids is 1. The molecule has 1 aromatic carbocycles. The molecule has 4 nitrogen and oxygen atoms in total. The van der Waals surface area contributed by atoms with Gasteiger partial charge in [-0.05, 0) is 50.2 Å². The highest BCUT2D eigenvalue weighted by molar-refractivity contribution is 5.77. The van der Waals surface area contributed by atoms with Crippen molar-refractivity contribution in [2.45, 2.75) is 57.5 Å². The van der Waals surface area contributed by atoms with E-state index in [0.29, 0.717) is 24.4 Å². The van der Waals surface area contributed by atoms with E-state index in [1.165, 1.54) is 11.1 Å². The summed E-state index contributed by atoms with van der Waals surface area (Å²) in [5.74, 6) is 0.292. The summed E-state index contributed by atoms with van der Waals surface area (Å²) in [6.07, 6.45) is 5.88. The molecule has 2 atom stereocenters. The van der Waals surface area contributed by atoms with Crippen LogP contribution in [-0.2, 0) is 11.2 Å². The molecule has 24 heavy (non-hydrogen) atoms. The number of benzene rings is 1. The smallest absolute Gasteiger partial charge is 0.224 e. The molecule has 1 aromatic rings. The quantitative estimate of drug-likeness (QED) is 0.836. The minimum absolute atomic E-state index is 0.210. The fourth-order valence-corrected chi connectivity index (χ4v) is 4.30. The molecule has 3 rings (SSSR count). The lowest BCUT2D eigenvalue weighted by Gasteiger charge is -2.30. The van der Waals surface area contributed by atoms with Crippen LogP contribution in [0.3, 0.4) is 0 Å². The molecule has 0 radical (unpaired) electrons. The van der Waals surface area contributed by atoms with Crippen molar-refractivity contribution in [2.75, 3.05) is 26.2 Å². The van der Waals surface area contributed by atoms with Crippen LogP contribution in [0.4, 0.5) is 0 Å². The van der Waals surface area contributed by atoms with Gasteiger partial charge in [0.15, 0.2) is 0 Å². The van der Waals surface area contributed by atoms with Crippen LogP contribution in [0.25, 0.3) is 0 Å². The van der Waals surface area contributed by atoms with E-state index in [4.69, 9.17) is 0 Å². The summed E-state index contributed by atoms with van der Waals surface area (Å²) in [7, 11) is 0. The molecule has 1 fully saturated rings. The Kier molecular flexibility index (Phi) is 5.90. The Balaban J connectivity index is 1.63. The van der Waals surface area contributed by atoms with Crippen molar-refractivity contribution in [1.82, 2.24) is 9.80 Å². The molecule has 2 unspecified atom stereocenters. The van der Waals surface area contributed by atoms with Crippen LogP contribution in [0.5, 0.6) is 0 Å². The van der Waals surface area contributed by atoms with Crippen molar-refractivity contribution in [3.05, 3.63) is 35.4 Å². The van der Waals surface area contributed by atoms with Gasteiger partial charge in [0, 0.05) is 44.7 Å². The SMILES string of the molecule is CC1CCCN1C(=O)CCN(CCCO)C1CCc2ccccc21. The van der Waals surface area contributed by atoms with Gasteiger partial charge in [-0.2, -0.15) is 0 Å². The van der Waals surface area contributed by atoms with Crippen LogP contribution in [0.2, 0.25) is 0 Å². The Bertz CT molecular complexity index is 560. The van der Waals surface area contributed by atoms with Gasteiger partial charge in [0.05, 0.1) is 0 Å². The number of amides is 1. The highest BCUT2D eigenvalue weighted by Crippen LogP contribution is 2.35. The number of rotatable bonds is 7. The normalized spacial score (nSPS) is 23.0. The highest BCUT2D eigenvalue weighted by Gasteiger charge is 2.29. The summed E-state index contributed by atoms with van der Waals surface area (Å²) >= 11 is 0. The second-order valence-corrected chi connectivity index (χ2v) is 7.19. The molecule has 1 heterocycles. The fraction of sp³-hybridized carbons (Fsp3) is 0.650. The van der Waals surface area contributed by atoms with Gasteiger partial charge in [-0.3, -0.25) is 9.69 Å². The molecule has 1 aliphatic carbocycles. The number of nitrogens with zero attached hydrogens (tertiary/aromatic N) is 2. The predicted molar refractivity (Wildman–Crippen MR) is 95.8 cm³/mol. The summed E-state index contributed by atoms with van der Waals surface area (Å²) in [6, 6.07) is 9.46. The molecule has 1 amide bonds. The molecule has 1 N–H and O–H groups in total. The van der Waals surface area contributed by atoms with Crippen molar-refractivity contribution >= 4 is 5.91 Å². The Morgan fingerprint density at radius 2 is 2.12 bits per heavy atom. The first-order valence-electron chi connectivity index (χ1n) is 9.43. The van der Waals surface area contributed by atoms with E-state index >= 15 is 0 Å². The van der Waals surface area contributed by atoms with Crippen molar-refractivity contribution in [1.29, 1.82) is 0 Å². The van der Waals surface area contributed by atoms with Crippen LogP contribution in [0.15, 0.2) is 24.3 Å². The monoisotopic (exact) mass is 330 g/mol. The lowest BCUT2D eigenvalue weighted by molar-refractivity contribution is -0.132. The summed E-state index contributed by atoms with van der Waals surface area (Å²) in [5, 5.41) is 9.24. The van der Waals surface area contributed by atoms with Crippen LogP contribution < -0.4 is 0 Å². The maximum Gasteiger partial charge on any atom is 0.224 e. The fourth-order valence-electron chi connectivity index (χ4n) is 4.30. The molecule has 0 aromatic heterocycles. The topological polar surface area (TPSA) is 43.8 Å². The van der Waals surface area contributed by atoms with E-state index in [-0.39, 0.29) is 6.61 Å². The average molecular weight is 330 g/mol. The minimum atomic E-state index is 0.210. The van der Waals surface area contributed by atoms with Crippen molar-refractivity contribution in [3.63, 3.8) is 0 Å². The maximum absolute atomic E-state index is 12.5. The summed E-state index contributed by atoms with van der Waals surface area (Å²) < 4.78 is 0. The number of aliphatic hydroxyl groups is 1. The third kappa shape index (κ3) is 3.81. The Labute approximate surface area is 145 Å². The lowest BCUT2D eigenvalue weighted by atomic mass is 10.1. The Morgan fingerprint density at radius 1 is 1.29 bits per heavy atom. The van der Waals surface area contributed by atoms with Gasteiger partial charge in [-0.25, -0.2) is 0 Å². The van der Waals surface area contributed by atoms with E-state index in [2.05, 4.69) is 36.1 Å². The van der Waals surface area contributed by atoms with Crippen molar-refractivity contribution in [2.24, 2.45) is 0 Å². The van der Waals surface area contributed by atoms with E-state index < -0.39 is 0 Å². The first-order valence-corrected chi connectivity index (χ1v) is 9.43. The third-order valence-corrected chi connectivity index (χ3v) is 5.63. The number of aryl methyl sites for hydroxylation is 1. The van der Waals surface area contributed by atoms with Gasteiger partial charge >= 0.3 is 0 Å². The molecule has 0 spiro atoms. The molecule has 0 bridgehead atoms. The number of likely N-dealkylation sites (tertiary alicyclic amines) is 1. The van der Waals surface area contributed by atoms with E-state index in [0.717, 1.165) is 51.7 Å². The molecule has 4 heteroatoms. The zero-order chi connectivity index (χ0) is 16.9. The van der Waals surface area contributed by atoms with Crippen molar-refractivity contribution in [3.8, 4) is 0 Å². The van der Waals surface area contributed by atoms with Gasteiger partial charge < -0.3 is 10.0 Å². The third-order valence-electron chi connectivity index (χ3n) is 5.63. The zero-order valence-corrected chi connectivity index (χ0v) is 14.8. The second-order valence-electron chi connectivity index (χ2n) is 7.19. The van der Waals surface area contributed by atoms with Gasteiger partial charge in [-0.15, -0.1) is 0 Å². The molecular formula is C20H30N2O2. The summed E-state index contributed by atoms with van der Waals surface area (Å²) in [4.78, 5) is 17.0. The largest absolute Gasteiger partial charge is 0.396 e. The molecular weight excluding hydrogens is 300 g/mol. The molecule has 2 aliphatic rings. The van der Waals surface area contributed by atoms with Gasteiger partial charge in [-0.1, -0.05) is 24.3 Å². The van der Waals surface area contributed by atoms with E-state index in [9.17, 15) is 9.90 Å². The molecule has 1 saturated heterocycles. The van der Waals surface area contributed by atoms with Crippen LogP contribution in [0.1, 0.15) is 56.2 Å². The van der Waals surface area contributed by atoms with E-state index in [1.54, 1.807) is 0 Å². The van der Waals surface area contributed by atoms with Gasteiger partial charge in [0.25, 0.3) is 0 Å². The maximum atomic E-state index is 12.5. The number of hydrogen-bond acceptors (Lipinski definition) is 3. The number of carbonyl (C=O) groups is 1. The average Bonchev–Trinajstić information content (AvgIpc) is 3.21. The van der Waals surface area contributed by atoms with E-state index in [1.807, 2.05) is 4.90 Å². The van der Waals surface area contributed by atoms with Crippen LogP contribution in [-0.4, -0.2) is 53.1 Å². The second kappa shape index (κ2) is 8.13. The van der Waals surface area contributed by atoms with Crippen LogP contribution >= 0.6 is 0 Å². The molecule has 0 saturated carbocycles. The highest BCUT2D eigenvalue weighted by atomic mass is 16.3. The molecule has 132 valence electrons. The summed E-state index contributed by atoms with van der Waals surface area (Å²) in [5.41, 5.74) is 2.86. The number of aliphatic hydroxyl groups excluding tert-OH is 1. The predicted octanol–water partition coefficient (Wildman–Crippen LogP) is 2.76.